The molecule has 0 spiro atoms. The fraction of sp³-hybridized carbons (Fsp3) is 0.515. The van der Waals surface area contributed by atoms with Crippen LogP contribution in [0.5, 0.6) is 0 Å². The Hall–Kier alpha value is -3.77. The van der Waals surface area contributed by atoms with Crippen LogP contribution in [-0.2, 0) is 20.2 Å². The van der Waals surface area contributed by atoms with Gasteiger partial charge in [0.15, 0.2) is 5.03 Å². The molecule has 3 aromatic heterocycles. The van der Waals surface area contributed by atoms with Crippen molar-refractivity contribution in [2.24, 2.45) is 5.92 Å². The second kappa shape index (κ2) is 11.9. The third-order valence-electron chi connectivity index (χ3n) is 8.96. The lowest BCUT2D eigenvalue weighted by molar-refractivity contribution is 0.0981. The Bertz CT molecular complexity index is 1680. The number of nitrogens with one attached hydrogen (secondary N) is 2. The number of ether oxygens (including phenoxy) is 1. The first-order valence-corrected chi connectivity index (χ1v) is 17.2. The number of hydrogen-bond donors (Lipinski definition) is 2. The molecule has 3 aliphatic rings. The van der Waals surface area contributed by atoms with E-state index in [4.69, 9.17) is 14.7 Å². The van der Waals surface area contributed by atoms with Gasteiger partial charge in [0.25, 0.3) is 15.9 Å². The van der Waals surface area contributed by atoms with Crippen molar-refractivity contribution in [2.75, 3.05) is 48.0 Å². The zero-order valence-corrected chi connectivity index (χ0v) is 27.5. The van der Waals surface area contributed by atoms with Gasteiger partial charge in [-0.25, -0.2) is 19.7 Å². The highest BCUT2D eigenvalue weighted by atomic mass is 32.2. The first-order chi connectivity index (χ1) is 21.3. The molecule has 11 nitrogen and oxygen atoms in total. The summed E-state index contributed by atoms with van der Waals surface area (Å²) in [6.45, 7) is 14.1. The lowest BCUT2D eigenvalue weighted by atomic mass is 9.90. The average Bonchev–Trinajstić information content (AvgIpc) is 3.32. The Balaban J connectivity index is 1.42. The fourth-order valence-corrected chi connectivity index (χ4v) is 7.49. The summed E-state index contributed by atoms with van der Waals surface area (Å²) in [4.78, 5) is 32.6. The van der Waals surface area contributed by atoms with Crippen molar-refractivity contribution < 1.29 is 17.9 Å². The van der Waals surface area contributed by atoms with Gasteiger partial charge in [-0.05, 0) is 75.4 Å². The largest absolute Gasteiger partial charge is 0.378 e. The molecule has 6 heterocycles. The summed E-state index contributed by atoms with van der Waals surface area (Å²) < 4.78 is 34.9. The van der Waals surface area contributed by atoms with Crippen LogP contribution in [0.25, 0.3) is 0 Å². The molecule has 0 saturated carbocycles. The van der Waals surface area contributed by atoms with Gasteiger partial charge in [-0.1, -0.05) is 32.9 Å². The summed E-state index contributed by atoms with van der Waals surface area (Å²) >= 11 is 0. The monoisotopic (exact) mass is 633 g/mol. The van der Waals surface area contributed by atoms with Crippen LogP contribution in [-0.4, -0.2) is 67.7 Å². The Kier molecular flexibility index (Phi) is 8.23. The number of hydrogen-bond acceptors (Lipinski definition) is 10. The molecule has 2 atom stereocenters. The summed E-state index contributed by atoms with van der Waals surface area (Å²) in [6.07, 6.45) is 2.54. The number of carbonyl (C=O) groups is 1. The van der Waals surface area contributed by atoms with E-state index >= 15 is 0 Å². The number of morpholine rings is 1. The van der Waals surface area contributed by atoms with Crippen molar-refractivity contribution in [3.63, 3.8) is 0 Å². The minimum absolute atomic E-state index is 0.216. The number of fused-ring (bicyclic) bond motifs is 6. The van der Waals surface area contributed by atoms with E-state index in [2.05, 4.69) is 59.4 Å². The smallest absolute Gasteiger partial charge is 0.281 e. The van der Waals surface area contributed by atoms with E-state index in [0.717, 1.165) is 49.6 Å². The Morgan fingerprint density at radius 1 is 0.956 bits per heavy atom. The molecule has 45 heavy (non-hydrogen) atoms. The van der Waals surface area contributed by atoms with Crippen molar-refractivity contribution >= 4 is 33.4 Å². The minimum atomic E-state index is -4.29. The SMILES string of the molecule is CC(C)(C)c1ccc2c(n1)N1C[C@@H](CC[C@H](c3cccc(N4CCOCC4)n3)Nc3cccc(n3)S(=O)(=O)NC2=O)CC1(C)C. The van der Waals surface area contributed by atoms with Gasteiger partial charge in [-0.15, -0.1) is 0 Å². The van der Waals surface area contributed by atoms with E-state index < -0.39 is 15.9 Å². The third-order valence-corrected chi connectivity index (χ3v) is 10.2. The third kappa shape index (κ3) is 6.62. The topological polar surface area (TPSA) is 130 Å². The van der Waals surface area contributed by atoms with Crippen molar-refractivity contribution in [3.05, 3.63) is 65.5 Å². The van der Waals surface area contributed by atoms with Crippen molar-refractivity contribution in [3.8, 4) is 0 Å². The molecular formula is C33H43N7O4S. The lowest BCUT2D eigenvalue weighted by Gasteiger charge is -2.34. The first-order valence-electron chi connectivity index (χ1n) is 15.7. The highest BCUT2D eigenvalue weighted by Gasteiger charge is 2.41. The van der Waals surface area contributed by atoms with E-state index in [9.17, 15) is 13.2 Å². The van der Waals surface area contributed by atoms with E-state index in [0.29, 0.717) is 37.3 Å². The van der Waals surface area contributed by atoms with Gasteiger partial charge in [-0.3, -0.25) is 4.79 Å². The van der Waals surface area contributed by atoms with Crippen molar-refractivity contribution in [2.45, 2.75) is 75.9 Å². The van der Waals surface area contributed by atoms with Gasteiger partial charge in [0.1, 0.15) is 17.5 Å². The maximum Gasteiger partial charge on any atom is 0.281 e. The molecule has 3 aliphatic heterocycles. The fourth-order valence-electron chi connectivity index (χ4n) is 6.55. The summed E-state index contributed by atoms with van der Waals surface area (Å²) in [7, 11) is -4.29. The zero-order valence-electron chi connectivity index (χ0n) is 26.7. The molecule has 0 unspecified atom stereocenters. The summed E-state index contributed by atoms with van der Waals surface area (Å²) in [6, 6.07) is 14.1. The molecule has 3 aromatic rings. The molecule has 6 rings (SSSR count). The summed E-state index contributed by atoms with van der Waals surface area (Å²) in [5.41, 5.74) is 1.36. The Morgan fingerprint density at radius 2 is 1.71 bits per heavy atom. The number of carbonyl (C=O) groups excluding carboxylic acids is 1. The van der Waals surface area contributed by atoms with Crippen LogP contribution in [0.1, 0.15) is 81.7 Å². The van der Waals surface area contributed by atoms with E-state index in [1.807, 2.05) is 24.3 Å². The number of anilines is 3. The lowest BCUT2D eigenvalue weighted by Crippen LogP contribution is -2.41. The number of nitrogens with zero attached hydrogens (tertiary/aromatic N) is 5. The molecule has 4 bridgehead atoms. The highest BCUT2D eigenvalue weighted by Crippen LogP contribution is 2.41. The first kappa shape index (κ1) is 31.2. The molecule has 12 heteroatoms. The predicted octanol–water partition coefficient (Wildman–Crippen LogP) is 4.68. The highest BCUT2D eigenvalue weighted by molar-refractivity contribution is 7.90. The van der Waals surface area contributed by atoms with Crippen LogP contribution in [0.2, 0.25) is 0 Å². The normalized spacial score (nSPS) is 23.3. The van der Waals surface area contributed by atoms with Crippen LogP contribution >= 0.6 is 0 Å². The van der Waals surface area contributed by atoms with Gasteiger partial charge >= 0.3 is 0 Å². The van der Waals surface area contributed by atoms with Gasteiger partial charge in [0, 0.05) is 36.3 Å². The van der Waals surface area contributed by atoms with E-state index in [1.54, 1.807) is 18.2 Å². The molecule has 240 valence electrons. The van der Waals surface area contributed by atoms with Gasteiger partial charge in [0.05, 0.1) is 30.5 Å². The van der Waals surface area contributed by atoms with Crippen molar-refractivity contribution in [1.82, 2.24) is 19.7 Å². The summed E-state index contributed by atoms with van der Waals surface area (Å²) in [5, 5.41) is 3.24. The van der Waals surface area contributed by atoms with Crippen LogP contribution in [0.15, 0.2) is 53.6 Å². The van der Waals surface area contributed by atoms with E-state index in [1.165, 1.54) is 6.07 Å². The van der Waals surface area contributed by atoms with Crippen LogP contribution in [0.4, 0.5) is 17.5 Å². The maximum absolute atomic E-state index is 13.7. The molecule has 0 aromatic carbocycles. The number of amides is 1. The Morgan fingerprint density at radius 3 is 2.47 bits per heavy atom. The van der Waals surface area contributed by atoms with Crippen LogP contribution in [0.3, 0.4) is 0 Å². The molecule has 2 saturated heterocycles. The molecule has 2 fully saturated rings. The predicted molar refractivity (Wildman–Crippen MR) is 174 cm³/mol. The second-order valence-corrected chi connectivity index (χ2v) is 15.5. The molecule has 0 aliphatic carbocycles. The van der Waals surface area contributed by atoms with Crippen LogP contribution < -0.4 is 19.8 Å². The standard InChI is InChI=1S/C33H43N7O4S/c1-32(2,3)26-15-13-23-30(36-26)40-21-22(20-33(40,4)5)12-14-25(24-8-6-10-28(35-24)39-16-18-44-19-17-39)34-27-9-7-11-29(37-27)45(42,43)38-31(23)41/h6-11,13,15,22,25H,12,14,16-21H2,1-5H3,(H,34,37)(H,38,41)/t22-,25+/m0/s1. The average molecular weight is 634 g/mol. The number of aromatic nitrogens is 3. The van der Waals surface area contributed by atoms with E-state index in [-0.39, 0.29) is 27.6 Å². The number of pyridine rings is 3. The van der Waals surface area contributed by atoms with Crippen molar-refractivity contribution in [1.29, 1.82) is 0 Å². The van der Waals surface area contributed by atoms with Gasteiger partial charge in [-0.2, -0.15) is 8.42 Å². The molecule has 0 radical (unpaired) electrons. The van der Waals surface area contributed by atoms with Crippen LogP contribution in [0, 0.1) is 5.92 Å². The van der Waals surface area contributed by atoms with Gasteiger partial charge < -0.3 is 19.9 Å². The maximum atomic E-state index is 13.7. The number of rotatable bonds is 2. The molecule has 2 N–H and O–H groups in total. The quantitative estimate of drug-likeness (QED) is 0.411. The zero-order chi connectivity index (χ0) is 32.0. The minimum Gasteiger partial charge on any atom is -0.378 e. The second-order valence-electron chi connectivity index (χ2n) is 13.9. The number of sulfonamides is 1. The molecule has 1 amide bonds. The Labute approximate surface area is 265 Å². The van der Waals surface area contributed by atoms with Gasteiger partial charge in [0.2, 0.25) is 0 Å². The summed E-state index contributed by atoms with van der Waals surface area (Å²) in [5.74, 6) is 1.39. The molecular weight excluding hydrogens is 590 g/mol.